The molecule has 4 fully saturated rings. The molecule has 5 atom stereocenters. The van der Waals surface area contributed by atoms with Gasteiger partial charge < -0.3 is 14.2 Å². The molecular weight excluding hydrogens is 388 g/mol. The van der Waals surface area contributed by atoms with Gasteiger partial charge in [0.15, 0.2) is 5.50 Å². The number of carbonyl (C=O) groups excluding carboxylic acids is 3. The number of hydrogen-bond donors (Lipinski definition) is 0. The lowest BCUT2D eigenvalue weighted by molar-refractivity contribution is -0.190. The van der Waals surface area contributed by atoms with E-state index >= 15 is 0 Å². The maximum absolute atomic E-state index is 14.4. The van der Waals surface area contributed by atoms with E-state index in [0.29, 0.717) is 17.7 Å². The number of halogens is 3. The minimum atomic E-state index is -4.18. The van der Waals surface area contributed by atoms with Gasteiger partial charge in [-0.05, 0) is 30.6 Å². The van der Waals surface area contributed by atoms with Crippen LogP contribution in [0, 0.1) is 16.7 Å². The predicted molar refractivity (Wildman–Crippen MR) is 86.0 cm³/mol. The number of ether oxygens (including phenoxy) is 3. The maximum Gasteiger partial charge on any atom is 0.418 e. The van der Waals surface area contributed by atoms with Crippen molar-refractivity contribution in [1.29, 1.82) is 0 Å². The highest BCUT2D eigenvalue weighted by Crippen LogP contribution is 2.67. The van der Waals surface area contributed by atoms with Crippen molar-refractivity contribution in [1.82, 2.24) is 4.90 Å². The van der Waals surface area contributed by atoms with Crippen molar-refractivity contribution in [3.05, 3.63) is 0 Å². The van der Waals surface area contributed by atoms with Crippen LogP contribution < -0.4 is 0 Å². The van der Waals surface area contributed by atoms with E-state index in [4.69, 9.17) is 16.3 Å². The Balaban J connectivity index is 1.79. The molecular formula is C17H20ClF2NO6. The third-order valence-electron chi connectivity index (χ3n) is 6.89. The SMILES string of the molecule is CC1(C)[C@@H]2CC[C@]13C(=O)N1C(=O)O[C@H]([C@@H]1Cl)C(F)(F)C(=O)OCCO[C@@H]3C2. The highest BCUT2D eigenvalue weighted by atomic mass is 35.5. The Morgan fingerprint density at radius 2 is 1.89 bits per heavy atom. The molecule has 4 rings (SSSR count). The van der Waals surface area contributed by atoms with E-state index in [1.807, 2.05) is 13.8 Å². The Hall–Kier alpha value is -1.48. The topological polar surface area (TPSA) is 82.1 Å². The second-order valence-electron chi connectivity index (χ2n) is 8.13. The van der Waals surface area contributed by atoms with Crippen molar-refractivity contribution in [2.75, 3.05) is 13.2 Å². The van der Waals surface area contributed by atoms with Gasteiger partial charge in [0.2, 0.25) is 12.0 Å². The Morgan fingerprint density at radius 1 is 1.19 bits per heavy atom. The molecule has 4 bridgehead atoms. The molecule has 2 aliphatic heterocycles. The summed E-state index contributed by atoms with van der Waals surface area (Å²) in [4.78, 5) is 38.1. The second kappa shape index (κ2) is 5.76. The van der Waals surface area contributed by atoms with Crippen molar-refractivity contribution >= 4 is 29.6 Å². The largest absolute Gasteiger partial charge is 0.459 e. The number of imide groups is 1. The zero-order valence-electron chi connectivity index (χ0n) is 14.9. The number of nitrogens with zero attached hydrogens (tertiary/aromatic N) is 1. The number of cyclic esters (lactones) is 1. The molecule has 4 aliphatic rings. The molecule has 0 aromatic rings. The molecule has 7 nitrogen and oxygen atoms in total. The lowest BCUT2D eigenvalue weighted by atomic mass is 9.67. The summed E-state index contributed by atoms with van der Waals surface area (Å²) in [6.07, 6.45) is -2.28. The minimum absolute atomic E-state index is 0.117. The van der Waals surface area contributed by atoms with Crippen LogP contribution in [0.4, 0.5) is 13.6 Å². The molecule has 0 N–H and O–H groups in total. The molecule has 10 heteroatoms. The summed E-state index contributed by atoms with van der Waals surface area (Å²) >= 11 is 6.06. The monoisotopic (exact) mass is 407 g/mol. The molecule has 0 unspecified atom stereocenters. The molecule has 2 heterocycles. The molecule has 2 saturated heterocycles. The first-order chi connectivity index (χ1) is 12.5. The van der Waals surface area contributed by atoms with E-state index < -0.39 is 59.0 Å². The molecule has 0 aromatic heterocycles. The predicted octanol–water partition coefficient (Wildman–Crippen LogP) is 2.30. The number of esters is 1. The highest BCUT2D eigenvalue weighted by molar-refractivity contribution is 6.24. The average molecular weight is 408 g/mol. The first kappa shape index (κ1) is 18.9. The first-order valence-electron chi connectivity index (χ1n) is 8.90. The van der Waals surface area contributed by atoms with Crippen LogP contribution in [0.3, 0.4) is 0 Å². The van der Waals surface area contributed by atoms with Crippen LogP contribution in [0.25, 0.3) is 0 Å². The van der Waals surface area contributed by atoms with Crippen molar-refractivity contribution in [2.24, 2.45) is 16.7 Å². The van der Waals surface area contributed by atoms with E-state index in [1.54, 1.807) is 0 Å². The third-order valence-corrected chi connectivity index (χ3v) is 7.32. The van der Waals surface area contributed by atoms with Gasteiger partial charge in [0.25, 0.3) is 0 Å². The summed E-state index contributed by atoms with van der Waals surface area (Å²) in [7, 11) is 0. The van der Waals surface area contributed by atoms with Gasteiger partial charge in [0.1, 0.15) is 6.61 Å². The Bertz CT molecular complexity index is 716. The van der Waals surface area contributed by atoms with Gasteiger partial charge in [-0.15, -0.1) is 0 Å². The Morgan fingerprint density at radius 3 is 2.56 bits per heavy atom. The van der Waals surface area contributed by atoms with E-state index in [9.17, 15) is 23.2 Å². The molecule has 0 aromatic carbocycles. The number of hydrogen-bond acceptors (Lipinski definition) is 6. The first-order valence-corrected chi connectivity index (χ1v) is 9.34. The fourth-order valence-electron chi connectivity index (χ4n) is 5.28. The number of carbonyl (C=O) groups is 3. The van der Waals surface area contributed by atoms with Gasteiger partial charge in [0, 0.05) is 0 Å². The van der Waals surface area contributed by atoms with Crippen LogP contribution in [0.15, 0.2) is 0 Å². The molecule has 27 heavy (non-hydrogen) atoms. The Labute approximate surface area is 159 Å². The highest BCUT2D eigenvalue weighted by Gasteiger charge is 2.72. The van der Waals surface area contributed by atoms with Crippen molar-refractivity contribution in [3.8, 4) is 0 Å². The standard InChI is InChI=1S/C17H20ClF2NO6/c1-15(2)8-3-4-16(15)9(7-8)25-5-6-26-13(23)17(19,20)10-11(18)21(12(16)22)14(24)27-10/h8-11H,3-7H2,1-2H3/t8-,9-,10-,11-,16+/m1/s1. The number of alkyl halides is 3. The van der Waals surface area contributed by atoms with E-state index in [2.05, 4.69) is 9.47 Å². The van der Waals surface area contributed by atoms with E-state index in [1.165, 1.54) is 0 Å². The Kier molecular flexibility index (Phi) is 4.03. The molecule has 2 saturated carbocycles. The second-order valence-corrected chi connectivity index (χ2v) is 8.58. The molecule has 2 aliphatic carbocycles. The zero-order valence-corrected chi connectivity index (χ0v) is 15.6. The van der Waals surface area contributed by atoms with Crippen LogP contribution in [0.1, 0.15) is 33.1 Å². The van der Waals surface area contributed by atoms with Crippen LogP contribution in [-0.4, -0.2) is 59.7 Å². The van der Waals surface area contributed by atoms with Crippen molar-refractivity contribution in [3.63, 3.8) is 0 Å². The summed E-state index contributed by atoms with van der Waals surface area (Å²) in [5.74, 6) is -6.54. The summed E-state index contributed by atoms with van der Waals surface area (Å²) in [5, 5.41) is 0. The van der Waals surface area contributed by atoms with Crippen LogP contribution >= 0.6 is 11.6 Å². The molecule has 0 radical (unpaired) electrons. The fraction of sp³-hybridized carbons (Fsp3) is 0.824. The zero-order chi connectivity index (χ0) is 19.8. The van der Waals surface area contributed by atoms with E-state index in [-0.39, 0.29) is 12.5 Å². The van der Waals surface area contributed by atoms with Crippen molar-refractivity contribution in [2.45, 2.75) is 56.7 Å². The summed E-state index contributed by atoms with van der Waals surface area (Å²) in [6.45, 7) is 3.34. The minimum Gasteiger partial charge on any atom is -0.459 e. The molecule has 150 valence electrons. The van der Waals surface area contributed by atoms with Crippen LogP contribution in [-0.2, 0) is 23.8 Å². The van der Waals surface area contributed by atoms with Gasteiger partial charge in [-0.25, -0.2) is 14.5 Å². The van der Waals surface area contributed by atoms with E-state index in [0.717, 1.165) is 6.42 Å². The molecule has 1 spiro atoms. The number of rotatable bonds is 0. The van der Waals surface area contributed by atoms with Gasteiger partial charge in [0.05, 0.1) is 18.1 Å². The molecule has 2 amide bonds. The summed E-state index contributed by atoms with van der Waals surface area (Å²) < 4.78 is 43.9. The van der Waals surface area contributed by atoms with Crippen LogP contribution in [0.2, 0.25) is 0 Å². The number of amides is 2. The van der Waals surface area contributed by atoms with Gasteiger partial charge in [-0.1, -0.05) is 25.4 Å². The number of fused-ring (bicyclic) bond motifs is 3. The lowest BCUT2D eigenvalue weighted by Crippen LogP contribution is -2.57. The normalized spacial score (nSPS) is 42.9. The lowest BCUT2D eigenvalue weighted by Gasteiger charge is -2.42. The smallest absolute Gasteiger partial charge is 0.418 e. The summed E-state index contributed by atoms with van der Waals surface area (Å²) in [6, 6.07) is 0. The van der Waals surface area contributed by atoms with Gasteiger partial charge in [-0.3, -0.25) is 4.79 Å². The van der Waals surface area contributed by atoms with Crippen molar-refractivity contribution < 1.29 is 37.4 Å². The quantitative estimate of drug-likeness (QED) is 0.348. The van der Waals surface area contributed by atoms with Crippen LogP contribution in [0.5, 0.6) is 0 Å². The summed E-state index contributed by atoms with van der Waals surface area (Å²) in [5.41, 5.74) is -3.40. The van der Waals surface area contributed by atoms with Gasteiger partial charge >= 0.3 is 18.0 Å². The average Bonchev–Trinajstić information content (AvgIpc) is 3.12. The maximum atomic E-state index is 14.4. The fourth-order valence-corrected chi connectivity index (χ4v) is 5.66. The third kappa shape index (κ3) is 2.24. The van der Waals surface area contributed by atoms with Gasteiger partial charge in [-0.2, -0.15) is 8.78 Å².